The van der Waals surface area contributed by atoms with Gasteiger partial charge in [-0.15, -0.1) is 69.1 Å². The van der Waals surface area contributed by atoms with E-state index in [1.54, 1.807) is 13.8 Å². The number of benzene rings is 8. The average molecular weight is 1040 g/mol. The van der Waals surface area contributed by atoms with Crippen molar-refractivity contribution in [1.29, 1.82) is 0 Å². The minimum atomic E-state index is -0.826. The fourth-order valence-corrected chi connectivity index (χ4v) is 9.16. The molecule has 0 saturated carbocycles. The van der Waals surface area contributed by atoms with Crippen molar-refractivity contribution in [2.24, 2.45) is 0 Å². The van der Waals surface area contributed by atoms with Crippen molar-refractivity contribution in [3.05, 3.63) is 205 Å². The molecular weight excluding hydrogens is 978 g/mol. The second-order valence-corrected chi connectivity index (χ2v) is 20.8. The van der Waals surface area contributed by atoms with Crippen LogP contribution in [0.4, 0.5) is 0 Å². The van der Waals surface area contributed by atoms with Crippen LogP contribution in [0.3, 0.4) is 0 Å². The predicted octanol–water partition coefficient (Wildman–Crippen LogP) is 16.9. The molecule has 0 unspecified atom stereocenters. The van der Waals surface area contributed by atoms with Crippen molar-refractivity contribution in [3.63, 3.8) is 0 Å². The molecule has 0 spiro atoms. The van der Waals surface area contributed by atoms with Crippen LogP contribution in [0.1, 0.15) is 64.5 Å². The monoisotopic (exact) mass is 1030 g/mol. The summed E-state index contributed by atoms with van der Waals surface area (Å²) in [6.45, 7) is 7.97. The van der Waals surface area contributed by atoms with Gasteiger partial charge in [-0.3, -0.25) is 9.59 Å². The first kappa shape index (κ1) is 51.8. The van der Waals surface area contributed by atoms with Crippen LogP contribution < -0.4 is 10.5 Å². The third kappa shape index (κ3) is 12.8. The Morgan fingerprint density at radius 3 is 1.09 bits per heavy atom. The van der Waals surface area contributed by atoms with Crippen LogP contribution in [0, 0.1) is 0 Å². The molecule has 10 rings (SSSR count). The average Bonchev–Trinajstić information content (AvgIpc) is 4.03. The van der Waals surface area contributed by atoms with Crippen molar-refractivity contribution < 1.29 is 30.4 Å². The summed E-state index contributed by atoms with van der Waals surface area (Å²) in [5.74, 6) is -0.220. The Labute approximate surface area is 433 Å². The Morgan fingerprint density at radius 1 is 0.429 bits per heavy atom. The normalized spacial score (nSPS) is 10.5. The summed E-state index contributed by atoms with van der Waals surface area (Å²) < 4.78 is 0. The molecule has 0 heterocycles. The summed E-state index contributed by atoms with van der Waals surface area (Å²) in [6.07, 6.45) is 5.46. The van der Waals surface area contributed by atoms with E-state index >= 15 is 0 Å². The topological polar surface area (TPSA) is 58.2 Å². The summed E-state index contributed by atoms with van der Waals surface area (Å²) in [6, 6.07) is 71.0. The van der Waals surface area contributed by atoms with E-state index in [9.17, 15) is 9.59 Å². The zero-order valence-electron chi connectivity index (χ0n) is 40.4. The Hall–Kier alpha value is -6.03. The van der Waals surface area contributed by atoms with E-state index in [1.807, 2.05) is 0 Å². The van der Waals surface area contributed by atoms with Gasteiger partial charge in [-0.05, 0) is 67.8 Å². The SMILES string of the molecule is CCC(=O)N[B]NC(=O)CC.CCCc1cc2c(-c3ccccc3-c3cccc4ccccc34)cccc2[cH-]1.CCCc1cc2c(-c3ccccc3-c3cccc4ccccc34)cccc2[cH-]1.[Cl][Zr+2][Cl]. The molecule has 349 valence electrons. The van der Waals surface area contributed by atoms with Crippen LogP contribution in [0.5, 0.6) is 0 Å². The van der Waals surface area contributed by atoms with Crippen molar-refractivity contribution in [1.82, 2.24) is 10.5 Å². The number of hydrogen-bond acceptors (Lipinski definition) is 2. The van der Waals surface area contributed by atoms with Crippen LogP contribution in [0.25, 0.3) is 87.6 Å². The number of rotatable bonds is 12. The second kappa shape index (κ2) is 26.3. The first-order valence-corrected chi connectivity index (χ1v) is 30.5. The molecule has 0 fully saturated rings. The van der Waals surface area contributed by atoms with E-state index in [0.717, 1.165) is 12.8 Å². The number of fused-ring (bicyclic) bond motifs is 4. The first-order chi connectivity index (χ1) is 34.3. The third-order valence-corrected chi connectivity index (χ3v) is 12.4. The molecule has 0 saturated heterocycles. The summed E-state index contributed by atoms with van der Waals surface area (Å²) in [5, 5.41) is 15.4. The van der Waals surface area contributed by atoms with Crippen molar-refractivity contribution in [3.8, 4) is 44.5 Å². The van der Waals surface area contributed by atoms with Gasteiger partial charge in [0.25, 0.3) is 0 Å². The van der Waals surface area contributed by atoms with Crippen LogP contribution in [0.15, 0.2) is 194 Å². The van der Waals surface area contributed by atoms with Gasteiger partial charge in [0, 0.05) is 12.8 Å². The Balaban J connectivity index is 0.000000164. The molecule has 0 atom stereocenters. The minimum absolute atomic E-state index is 0.110. The van der Waals surface area contributed by atoms with E-state index in [-0.39, 0.29) is 11.8 Å². The molecule has 10 aromatic rings. The van der Waals surface area contributed by atoms with Crippen molar-refractivity contribution >= 4 is 79.5 Å². The van der Waals surface area contributed by atoms with E-state index < -0.39 is 20.8 Å². The fourth-order valence-electron chi connectivity index (χ4n) is 9.16. The van der Waals surface area contributed by atoms with Gasteiger partial charge >= 0.3 is 45.4 Å². The molecule has 0 aliphatic rings. The fraction of sp³-hybridized carbons (Fsp3) is 0.161. The van der Waals surface area contributed by atoms with Crippen LogP contribution in [0.2, 0.25) is 0 Å². The van der Waals surface area contributed by atoms with Gasteiger partial charge in [0.05, 0.1) is 0 Å². The molecule has 0 aliphatic carbocycles. The van der Waals surface area contributed by atoms with Gasteiger partial charge in [-0.1, -0.05) is 197 Å². The molecule has 2 amide bonds. The molecule has 8 heteroatoms. The summed E-state index contributed by atoms with van der Waals surface area (Å²) >= 11 is -0.826. The maximum absolute atomic E-state index is 10.6. The van der Waals surface area contributed by atoms with E-state index in [4.69, 9.17) is 17.0 Å². The summed E-state index contributed by atoms with van der Waals surface area (Å²) in [5.41, 5.74) is 13.3. The summed E-state index contributed by atoms with van der Waals surface area (Å²) in [4.78, 5) is 21.2. The van der Waals surface area contributed by atoms with Gasteiger partial charge in [0.1, 0.15) is 0 Å². The van der Waals surface area contributed by atoms with Crippen molar-refractivity contribution in [2.75, 3.05) is 0 Å². The third-order valence-electron chi connectivity index (χ3n) is 12.4. The van der Waals surface area contributed by atoms with Crippen LogP contribution in [-0.4, -0.2) is 19.4 Å². The standard InChI is InChI=1S/2C28H23.C6H12BN2O2.2ClH.Zr/c2*1-2-9-20-18-22-12-8-17-27(28(22)19-20)26-15-6-5-14-25(26)24-16-7-11-21-10-3-4-13-23(21)24;1-3-5(10)8-7-9-6(11)4-2;;;/h2*3-8,10-19H,2,9H2,1H3;3-4H2,1-2H3,(H,8,10)(H,9,11);2*1H;/q2*-1;;;;+4/p-2. The number of halogens is 2. The first-order valence-electron chi connectivity index (χ1n) is 24.2. The van der Waals surface area contributed by atoms with Gasteiger partial charge in [0.2, 0.25) is 11.8 Å². The number of nitrogens with one attached hydrogen (secondary N) is 2. The molecule has 0 aliphatic heterocycles. The molecule has 4 nitrogen and oxygen atoms in total. The van der Waals surface area contributed by atoms with E-state index in [1.165, 1.54) is 119 Å². The molecular formula is C62H58BCl2N2O2Zr. The molecule has 10 aromatic carbocycles. The van der Waals surface area contributed by atoms with Crippen molar-refractivity contribution in [2.45, 2.75) is 66.2 Å². The predicted molar refractivity (Wildman–Crippen MR) is 298 cm³/mol. The van der Waals surface area contributed by atoms with Gasteiger partial charge < -0.3 is 10.5 Å². The van der Waals surface area contributed by atoms with Gasteiger partial charge in [0.15, 0.2) is 0 Å². The maximum atomic E-state index is 10.6. The van der Waals surface area contributed by atoms with E-state index in [2.05, 4.69) is 218 Å². The molecule has 0 aromatic heterocycles. The zero-order valence-corrected chi connectivity index (χ0v) is 44.3. The number of carbonyl (C=O) groups is 2. The molecule has 70 heavy (non-hydrogen) atoms. The number of hydrogen-bond donors (Lipinski definition) is 2. The quantitative estimate of drug-likeness (QED) is 0.0946. The van der Waals surface area contributed by atoms with Crippen LogP contribution >= 0.6 is 17.0 Å². The Bertz CT molecular complexity index is 3090. The Kier molecular flexibility index (Phi) is 19.4. The second-order valence-electron chi connectivity index (χ2n) is 17.0. The van der Waals surface area contributed by atoms with Gasteiger partial charge in [-0.25, -0.2) is 0 Å². The number of carbonyl (C=O) groups excluding carboxylic acids is 2. The molecule has 1 radical (unpaired) electrons. The summed E-state index contributed by atoms with van der Waals surface area (Å²) in [7, 11) is 11.1. The Morgan fingerprint density at radius 2 is 0.729 bits per heavy atom. The zero-order chi connectivity index (χ0) is 49.2. The number of amides is 2. The molecule has 0 bridgehead atoms. The molecule has 2 N–H and O–H groups in total. The van der Waals surface area contributed by atoms with Gasteiger partial charge in [-0.2, -0.15) is 12.1 Å². The van der Waals surface area contributed by atoms with Crippen LogP contribution in [-0.2, 0) is 43.3 Å². The van der Waals surface area contributed by atoms with E-state index in [0.29, 0.717) is 12.8 Å². The number of aryl methyl sites for hydroxylation is 2.